The molecule has 0 unspecified atom stereocenters. The topological polar surface area (TPSA) is 66.9 Å². The number of sulfonamides is 1. The van der Waals surface area contributed by atoms with Gasteiger partial charge in [-0.2, -0.15) is 4.31 Å². The molecule has 0 N–H and O–H groups in total. The standard InChI is InChI=1S/C19H20ClFN2O4S/c1-2-27-15-4-6-16(7-5-15)28(25,26)23-11-9-22(10-12-23)19(24)17-8-3-14(21)13-18(17)20/h3-8,13H,2,9-12H2,1H3. The van der Waals surface area contributed by atoms with Crippen molar-refractivity contribution in [3.05, 3.63) is 58.9 Å². The van der Waals surface area contributed by atoms with Crippen molar-refractivity contribution >= 4 is 27.5 Å². The molecule has 2 aromatic carbocycles. The minimum Gasteiger partial charge on any atom is -0.494 e. The van der Waals surface area contributed by atoms with Crippen molar-refractivity contribution in [2.45, 2.75) is 11.8 Å². The third kappa shape index (κ3) is 4.29. The molecule has 28 heavy (non-hydrogen) atoms. The van der Waals surface area contributed by atoms with Gasteiger partial charge in [0.2, 0.25) is 10.0 Å². The molecule has 3 rings (SSSR count). The van der Waals surface area contributed by atoms with Crippen LogP contribution in [0.25, 0.3) is 0 Å². The fourth-order valence-electron chi connectivity index (χ4n) is 2.99. The number of piperazine rings is 1. The normalized spacial score (nSPS) is 15.5. The smallest absolute Gasteiger partial charge is 0.255 e. The van der Waals surface area contributed by atoms with Crippen LogP contribution in [0.5, 0.6) is 5.75 Å². The minimum atomic E-state index is -3.66. The highest BCUT2D eigenvalue weighted by molar-refractivity contribution is 7.89. The Balaban J connectivity index is 1.67. The molecule has 0 aromatic heterocycles. The summed E-state index contributed by atoms with van der Waals surface area (Å²) in [6, 6.07) is 9.85. The predicted octanol–water partition coefficient (Wildman–Crippen LogP) is 3.02. The fourth-order valence-corrected chi connectivity index (χ4v) is 4.66. The molecule has 1 fully saturated rings. The summed E-state index contributed by atoms with van der Waals surface area (Å²) in [6.45, 7) is 3.14. The Morgan fingerprint density at radius 1 is 1.11 bits per heavy atom. The van der Waals surface area contributed by atoms with Crippen molar-refractivity contribution in [2.75, 3.05) is 32.8 Å². The molecule has 150 valence electrons. The number of nitrogens with zero attached hydrogens (tertiary/aromatic N) is 2. The van der Waals surface area contributed by atoms with Gasteiger partial charge in [-0.15, -0.1) is 0 Å². The average Bonchev–Trinajstić information content (AvgIpc) is 2.68. The van der Waals surface area contributed by atoms with Crippen molar-refractivity contribution in [3.63, 3.8) is 0 Å². The molecule has 0 spiro atoms. The molecule has 1 heterocycles. The van der Waals surface area contributed by atoms with Gasteiger partial charge in [0, 0.05) is 26.2 Å². The number of rotatable bonds is 5. The van der Waals surface area contributed by atoms with E-state index in [0.717, 1.165) is 6.07 Å². The van der Waals surface area contributed by atoms with Crippen LogP contribution in [-0.4, -0.2) is 56.3 Å². The Bertz CT molecular complexity index is 958. The average molecular weight is 427 g/mol. The number of halogens is 2. The summed E-state index contributed by atoms with van der Waals surface area (Å²) in [5.74, 6) is -0.260. The summed E-state index contributed by atoms with van der Waals surface area (Å²) in [4.78, 5) is 14.3. The Morgan fingerprint density at radius 3 is 2.32 bits per heavy atom. The quantitative estimate of drug-likeness (QED) is 0.737. The van der Waals surface area contributed by atoms with E-state index in [4.69, 9.17) is 16.3 Å². The lowest BCUT2D eigenvalue weighted by Gasteiger charge is -2.34. The van der Waals surface area contributed by atoms with Gasteiger partial charge in [0.15, 0.2) is 0 Å². The molecular weight excluding hydrogens is 407 g/mol. The molecule has 0 aliphatic carbocycles. The van der Waals surface area contributed by atoms with E-state index in [1.165, 1.54) is 33.5 Å². The van der Waals surface area contributed by atoms with Crippen LogP contribution in [0.3, 0.4) is 0 Å². The number of carbonyl (C=O) groups excluding carboxylic acids is 1. The molecule has 0 bridgehead atoms. The van der Waals surface area contributed by atoms with Crippen LogP contribution in [0.2, 0.25) is 5.02 Å². The van der Waals surface area contributed by atoms with E-state index in [2.05, 4.69) is 0 Å². The third-order valence-corrected chi connectivity index (χ3v) is 6.69. The molecule has 0 atom stereocenters. The molecule has 6 nitrogen and oxygen atoms in total. The maximum absolute atomic E-state index is 13.2. The van der Waals surface area contributed by atoms with E-state index < -0.39 is 15.8 Å². The summed E-state index contributed by atoms with van der Waals surface area (Å²) in [7, 11) is -3.66. The summed E-state index contributed by atoms with van der Waals surface area (Å²) < 4.78 is 45.5. The van der Waals surface area contributed by atoms with Gasteiger partial charge < -0.3 is 9.64 Å². The largest absolute Gasteiger partial charge is 0.494 e. The Labute approximate surface area is 168 Å². The second kappa shape index (κ2) is 8.46. The first kappa shape index (κ1) is 20.6. The minimum absolute atomic E-state index is 0.0365. The first-order chi connectivity index (χ1) is 13.3. The molecular formula is C19H20ClFN2O4S. The van der Waals surface area contributed by atoms with Crippen LogP contribution in [0.15, 0.2) is 47.4 Å². The zero-order chi connectivity index (χ0) is 20.3. The molecule has 9 heteroatoms. The number of benzene rings is 2. The number of amides is 1. The second-order valence-electron chi connectivity index (χ2n) is 6.22. The van der Waals surface area contributed by atoms with Crippen molar-refractivity contribution in [1.82, 2.24) is 9.21 Å². The van der Waals surface area contributed by atoms with Gasteiger partial charge in [-0.1, -0.05) is 11.6 Å². The molecule has 1 aliphatic heterocycles. The van der Waals surface area contributed by atoms with Crippen molar-refractivity contribution in [2.24, 2.45) is 0 Å². The molecule has 0 saturated carbocycles. The molecule has 2 aromatic rings. The first-order valence-corrected chi connectivity index (χ1v) is 10.6. The highest BCUT2D eigenvalue weighted by atomic mass is 35.5. The summed E-state index contributed by atoms with van der Waals surface area (Å²) in [5, 5.41) is 0.0365. The van der Waals surface area contributed by atoms with Crippen molar-refractivity contribution in [1.29, 1.82) is 0 Å². The lowest BCUT2D eigenvalue weighted by Crippen LogP contribution is -2.50. The Kier molecular flexibility index (Phi) is 6.22. The van der Waals surface area contributed by atoms with Gasteiger partial charge in [-0.3, -0.25) is 4.79 Å². The van der Waals surface area contributed by atoms with Gasteiger partial charge in [-0.25, -0.2) is 12.8 Å². The molecule has 1 aliphatic rings. The highest BCUT2D eigenvalue weighted by Gasteiger charge is 2.31. The summed E-state index contributed by atoms with van der Waals surface area (Å²) in [6.07, 6.45) is 0. The van der Waals surface area contributed by atoms with Crippen molar-refractivity contribution < 1.29 is 22.3 Å². The summed E-state index contributed by atoms with van der Waals surface area (Å²) in [5.41, 5.74) is 0.200. The third-order valence-electron chi connectivity index (χ3n) is 4.46. The zero-order valence-electron chi connectivity index (χ0n) is 15.3. The predicted molar refractivity (Wildman–Crippen MR) is 104 cm³/mol. The maximum Gasteiger partial charge on any atom is 0.255 e. The van der Waals surface area contributed by atoms with Crippen LogP contribution in [0, 0.1) is 5.82 Å². The van der Waals surface area contributed by atoms with Gasteiger partial charge in [0.1, 0.15) is 11.6 Å². The van der Waals surface area contributed by atoms with E-state index in [9.17, 15) is 17.6 Å². The lowest BCUT2D eigenvalue weighted by molar-refractivity contribution is 0.0698. The number of hydrogen-bond donors (Lipinski definition) is 0. The fraction of sp³-hybridized carbons (Fsp3) is 0.316. The number of carbonyl (C=O) groups is 1. The zero-order valence-corrected chi connectivity index (χ0v) is 16.8. The van der Waals surface area contributed by atoms with Crippen molar-refractivity contribution in [3.8, 4) is 5.75 Å². The molecule has 0 radical (unpaired) electrons. The van der Waals surface area contributed by atoms with Crippen LogP contribution < -0.4 is 4.74 Å². The maximum atomic E-state index is 13.2. The van der Waals surface area contributed by atoms with E-state index in [1.807, 2.05) is 6.92 Å². The lowest BCUT2D eigenvalue weighted by atomic mass is 10.2. The van der Waals surface area contributed by atoms with E-state index >= 15 is 0 Å². The van der Waals surface area contributed by atoms with Gasteiger partial charge >= 0.3 is 0 Å². The SMILES string of the molecule is CCOc1ccc(S(=O)(=O)N2CCN(C(=O)c3ccc(F)cc3Cl)CC2)cc1. The van der Waals surface area contributed by atoms with Gasteiger partial charge in [-0.05, 0) is 49.4 Å². The second-order valence-corrected chi connectivity index (χ2v) is 8.57. The van der Waals surface area contributed by atoms with Gasteiger partial charge in [0.05, 0.1) is 22.1 Å². The van der Waals surface area contributed by atoms with Crippen LogP contribution in [0.4, 0.5) is 4.39 Å². The van der Waals surface area contributed by atoms with Crippen LogP contribution >= 0.6 is 11.6 Å². The monoisotopic (exact) mass is 426 g/mol. The van der Waals surface area contributed by atoms with E-state index in [-0.39, 0.29) is 47.6 Å². The number of hydrogen-bond acceptors (Lipinski definition) is 4. The Morgan fingerprint density at radius 2 is 1.75 bits per heavy atom. The van der Waals surface area contributed by atoms with Gasteiger partial charge in [0.25, 0.3) is 5.91 Å². The molecule has 1 saturated heterocycles. The first-order valence-electron chi connectivity index (χ1n) is 8.80. The van der Waals surface area contributed by atoms with Crippen LogP contribution in [0.1, 0.15) is 17.3 Å². The molecule has 1 amide bonds. The van der Waals surface area contributed by atoms with E-state index in [0.29, 0.717) is 12.4 Å². The Hall–Kier alpha value is -2.16. The van der Waals surface area contributed by atoms with Crippen LogP contribution in [-0.2, 0) is 10.0 Å². The number of ether oxygens (including phenoxy) is 1. The highest BCUT2D eigenvalue weighted by Crippen LogP contribution is 2.23. The summed E-state index contributed by atoms with van der Waals surface area (Å²) >= 11 is 5.96. The van der Waals surface area contributed by atoms with E-state index in [1.54, 1.807) is 12.1 Å².